The highest BCUT2D eigenvalue weighted by Crippen LogP contribution is 2.30. The quantitative estimate of drug-likeness (QED) is 0.622. The molecule has 114 valence electrons. The third-order valence-electron chi connectivity index (χ3n) is 2.81. The van der Waals surface area contributed by atoms with Crippen LogP contribution in [-0.4, -0.2) is 48.0 Å². The van der Waals surface area contributed by atoms with Gasteiger partial charge in [0.1, 0.15) is 12.2 Å². The number of benzene rings is 1. The van der Waals surface area contributed by atoms with E-state index in [0.29, 0.717) is 18.8 Å². The molecule has 6 nitrogen and oxygen atoms in total. The van der Waals surface area contributed by atoms with Crippen molar-refractivity contribution in [2.45, 2.75) is 32.3 Å². The molecule has 0 aliphatic carbocycles. The van der Waals surface area contributed by atoms with Gasteiger partial charge in [-0.2, -0.15) is 0 Å². The number of hydrogen-bond donors (Lipinski definition) is 3. The first kappa shape index (κ1) is 16.7. The van der Waals surface area contributed by atoms with Crippen LogP contribution in [0.4, 0.5) is 0 Å². The number of ether oxygens (including phenoxy) is 3. The number of phenols is 1. The minimum Gasteiger partial charge on any atom is -0.504 e. The number of hydrogen-bond acceptors (Lipinski definition) is 6. The second-order valence-electron chi connectivity index (χ2n) is 4.15. The van der Waals surface area contributed by atoms with E-state index >= 15 is 0 Å². The molecule has 0 spiro atoms. The van der Waals surface area contributed by atoms with E-state index in [-0.39, 0.29) is 11.5 Å². The Bertz CT molecular complexity index is 403. The lowest BCUT2D eigenvalue weighted by molar-refractivity contribution is -0.212. The summed E-state index contributed by atoms with van der Waals surface area (Å²) in [4.78, 5) is 0. The molecule has 0 fully saturated rings. The summed E-state index contributed by atoms with van der Waals surface area (Å²) in [5.41, 5.74) is 0.400. The van der Waals surface area contributed by atoms with Crippen LogP contribution in [0.25, 0.3) is 0 Å². The maximum atomic E-state index is 10.2. The van der Waals surface area contributed by atoms with E-state index in [4.69, 9.17) is 14.2 Å². The van der Waals surface area contributed by atoms with E-state index in [1.165, 1.54) is 25.3 Å². The minimum absolute atomic E-state index is 0.0379. The Hall–Kier alpha value is -1.34. The van der Waals surface area contributed by atoms with Gasteiger partial charge in [-0.3, -0.25) is 0 Å². The average Bonchev–Trinajstić information content (AvgIpc) is 2.46. The van der Waals surface area contributed by atoms with E-state index in [9.17, 15) is 15.3 Å². The molecule has 1 aromatic carbocycles. The zero-order chi connectivity index (χ0) is 15.1. The molecule has 0 radical (unpaired) electrons. The second kappa shape index (κ2) is 8.06. The molecular weight excluding hydrogens is 264 g/mol. The lowest BCUT2D eigenvalue weighted by atomic mass is 10.0. The van der Waals surface area contributed by atoms with Gasteiger partial charge in [-0.15, -0.1) is 0 Å². The van der Waals surface area contributed by atoms with Gasteiger partial charge in [0.05, 0.1) is 7.11 Å². The molecule has 0 aromatic heterocycles. The first-order chi connectivity index (χ1) is 9.54. The molecular formula is C14H22O6. The van der Waals surface area contributed by atoms with E-state index in [1.54, 1.807) is 13.8 Å². The normalized spacial score (nSPS) is 14.3. The van der Waals surface area contributed by atoms with Gasteiger partial charge in [-0.05, 0) is 31.5 Å². The Labute approximate surface area is 118 Å². The predicted octanol–water partition coefficient (Wildman–Crippen LogP) is 1.19. The topological polar surface area (TPSA) is 88.4 Å². The smallest absolute Gasteiger partial charge is 0.186 e. The number of aliphatic hydroxyl groups excluding tert-OH is 2. The van der Waals surface area contributed by atoms with Crippen LogP contribution in [0.1, 0.15) is 25.5 Å². The van der Waals surface area contributed by atoms with Gasteiger partial charge < -0.3 is 29.5 Å². The van der Waals surface area contributed by atoms with Crippen LogP contribution in [0.2, 0.25) is 0 Å². The highest BCUT2D eigenvalue weighted by molar-refractivity contribution is 5.42. The Morgan fingerprint density at radius 1 is 1.10 bits per heavy atom. The van der Waals surface area contributed by atoms with Crippen LogP contribution in [0.3, 0.4) is 0 Å². The van der Waals surface area contributed by atoms with Crippen LogP contribution in [0.5, 0.6) is 11.5 Å². The van der Waals surface area contributed by atoms with Crippen LogP contribution in [-0.2, 0) is 9.47 Å². The van der Waals surface area contributed by atoms with E-state index in [0.717, 1.165) is 0 Å². The molecule has 0 amide bonds. The zero-order valence-electron chi connectivity index (χ0n) is 11.9. The standard InChI is InChI=1S/C14H22O6/c1-4-19-14(20-5-2)13(17)12(16)9-6-7-10(15)11(8-9)18-3/h6-8,12-17H,4-5H2,1-3H3/t12-,13+/m1/s1. The van der Waals surface area contributed by atoms with E-state index < -0.39 is 18.5 Å². The minimum atomic E-state index is -1.25. The summed E-state index contributed by atoms with van der Waals surface area (Å²) in [6, 6.07) is 4.35. The van der Waals surface area contributed by atoms with Gasteiger partial charge in [-0.1, -0.05) is 6.07 Å². The maximum absolute atomic E-state index is 10.2. The molecule has 1 rings (SSSR count). The van der Waals surface area contributed by atoms with E-state index in [2.05, 4.69) is 0 Å². The summed E-state index contributed by atoms with van der Waals surface area (Å²) in [5, 5.41) is 29.8. The molecule has 0 aliphatic rings. The summed E-state index contributed by atoms with van der Waals surface area (Å²) in [7, 11) is 1.41. The van der Waals surface area contributed by atoms with Crippen molar-refractivity contribution in [3.63, 3.8) is 0 Å². The van der Waals surface area contributed by atoms with E-state index in [1.807, 2.05) is 0 Å². The van der Waals surface area contributed by atoms with Gasteiger partial charge in [0, 0.05) is 13.2 Å². The summed E-state index contributed by atoms with van der Waals surface area (Å²) >= 11 is 0. The van der Waals surface area contributed by atoms with Gasteiger partial charge in [0.2, 0.25) is 0 Å². The van der Waals surface area contributed by atoms with Gasteiger partial charge >= 0.3 is 0 Å². The molecule has 0 bridgehead atoms. The van der Waals surface area contributed by atoms with Crippen molar-refractivity contribution in [2.24, 2.45) is 0 Å². The maximum Gasteiger partial charge on any atom is 0.186 e. The molecule has 1 aromatic rings. The zero-order valence-corrected chi connectivity index (χ0v) is 11.9. The van der Waals surface area contributed by atoms with Crippen LogP contribution in [0, 0.1) is 0 Å². The lowest BCUT2D eigenvalue weighted by Gasteiger charge is -2.26. The average molecular weight is 286 g/mol. The summed E-state index contributed by atoms with van der Waals surface area (Å²) in [6.45, 7) is 4.25. The Balaban J connectivity index is 2.88. The molecule has 0 unspecified atom stereocenters. The van der Waals surface area contributed by atoms with Crippen LogP contribution < -0.4 is 4.74 Å². The SMILES string of the molecule is CCOC(OCC)[C@@H](O)[C@H](O)c1ccc(O)c(OC)c1. The van der Waals surface area contributed by atoms with Gasteiger partial charge in [0.15, 0.2) is 17.8 Å². The third-order valence-corrected chi connectivity index (χ3v) is 2.81. The Kier molecular flexibility index (Phi) is 6.74. The number of aliphatic hydroxyl groups is 2. The number of methoxy groups -OCH3 is 1. The molecule has 0 aliphatic heterocycles. The molecule has 0 saturated heterocycles. The highest BCUT2D eigenvalue weighted by Gasteiger charge is 2.29. The molecule has 2 atom stereocenters. The Morgan fingerprint density at radius 3 is 2.20 bits per heavy atom. The number of phenolic OH excluding ortho intramolecular Hbond substituents is 1. The third kappa shape index (κ3) is 4.08. The fraction of sp³-hybridized carbons (Fsp3) is 0.571. The first-order valence-electron chi connectivity index (χ1n) is 6.51. The van der Waals surface area contributed by atoms with Crippen molar-refractivity contribution in [1.29, 1.82) is 0 Å². The van der Waals surface area contributed by atoms with Crippen LogP contribution >= 0.6 is 0 Å². The lowest BCUT2D eigenvalue weighted by Crippen LogP contribution is -2.36. The predicted molar refractivity (Wildman–Crippen MR) is 72.7 cm³/mol. The highest BCUT2D eigenvalue weighted by atomic mass is 16.7. The second-order valence-corrected chi connectivity index (χ2v) is 4.15. The first-order valence-corrected chi connectivity index (χ1v) is 6.51. The largest absolute Gasteiger partial charge is 0.504 e. The summed E-state index contributed by atoms with van der Waals surface area (Å²) in [5.74, 6) is 0.183. The van der Waals surface area contributed by atoms with Crippen molar-refractivity contribution in [1.82, 2.24) is 0 Å². The van der Waals surface area contributed by atoms with Crippen molar-refractivity contribution in [2.75, 3.05) is 20.3 Å². The summed E-state index contributed by atoms with van der Waals surface area (Å²) in [6.07, 6.45) is -3.38. The fourth-order valence-electron chi connectivity index (χ4n) is 1.80. The van der Waals surface area contributed by atoms with Crippen molar-refractivity contribution < 1.29 is 29.5 Å². The monoisotopic (exact) mass is 286 g/mol. The summed E-state index contributed by atoms with van der Waals surface area (Å²) < 4.78 is 15.5. The number of rotatable bonds is 8. The molecule has 20 heavy (non-hydrogen) atoms. The molecule has 3 N–H and O–H groups in total. The Morgan fingerprint density at radius 2 is 1.70 bits per heavy atom. The van der Waals surface area contributed by atoms with Crippen molar-refractivity contribution in [3.05, 3.63) is 23.8 Å². The van der Waals surface area contributed by atoms with Crippen molar-refractivity contribution >= 4 is 0 Å². The fourth-order valence-corrected chi connectivity index (χ4v) is 1.80. The van der Waals surface area contributed by atoms with Crippen LogP contribution in [0.15, 0.2) is 18.2 Å². The molecule has 6 heteroatoms. The van der Waals surface area contributed by atoms with Gasteiger partial charge in [0.25, 0.3) is 0 Å². The van der Waals surface area contributed by atoms with Crippen molar-refractivity contribution in [3.8, 4) is 11.5 Å². The van der Waals surface area contributed by atoms with Gasteiger partial charge in [-0.25, -0.2) is 0 Å². The number of aromatic hydroxyl groups is 1. The molecule has 0 heterocycles. The molecule has 0 saturated carbocycles.